The lowest BCUT2D eigenvalue weighted by molar-refractivity contribution is 0.236. The molecule has 0 saturated carbocycles. The Bertz CT molecular complexity index is 564. The number of nitrogens with one attached hydrogen (secondary N) is 2. The Balaban J connectivity index is 1.40. The first-order chi connectivity index (χ1) is 9.81. The number of nitrogens with zero attached hydrogens (tertiary/aromatic N) is 2. The second kappa shape index (κ2) is 6.09. The lowest BCUT2D eigenvalue weighted by Gasteiger charge is -2.23. The molecule has 0 fully saturated rings. The van der Waals surface area contributed by atoms with E-state index in [0.29, 0.717) is 19.0 Å². The monoisotopic (exact) mass is 290 g/mol. The minimum absolute atomic E-state index is 0.0925. The number of aryl methyl sites for hydroxylation is 1. The van der Waals surface area contributed by atoms with Crippen LogP contribution in [0.1, 0.15) is 17.8 Å². The summed E-state index contributed by atoms with van der Waals surface area (Å²) < 4.78 is 2.19. The minimum atomic E-state index is -0.0925. The highest BCUT2D eigenvalue weighted by Gasteiger charge is 2.19. The van der Waals surface area contributed by atoms with Gasteiger partial charge in [0.1, 0.15) is 5.82 Å². The zero-order chi connectivity index (χ0) is 13.8. The fourth-order valence-electron chi connectivity index (χ4n) is 2.46. The van der Waals surface area contributed by atoms with E-state index < -0.39 is 0 Å². The molecule has 0 saturated heterocycles. The summed E-state index contributed by atoms with van der Waals surface area (Å²) in [4.78, 5) is 16.1. The Morgan fingerprint density at radius 3 is 3.30 bits per heavy atom. The van der Waals surface area contributed by atoms with Gasteiger partial charge in [-0.2, -0.15) is 11.3 Å². The largest absolute Gasteiger partial charge is 0.338 e. The summed E-state index contributed by atoms with van der Waals surface area (Å²) >= 11 is 1.64. The zero-order valence-corrected chi connectivity index (χ0v) is 12.0. The SMILES string of the molecule is O=C(NCc1ccsc1)NC[C@@H]1CCn2ccnc2C1. The number of aromatic nitrogens is 2. The van der Waals surface area contributed by atoms with E-state index in [0.717, 1.165) is 30.8 Å². The molecule has 5 nitrogen and oxygen atoms in total. The van der Waals surface area contributed by atoms with E-state index in [1.807, 2.05) is 29.2 Å². The van der Waals surface area contributed by atoms with Crippen molar-refractivity contribution >= 4 is 17.4 Å². The Labute approximate surface area is 122 Å². The van der Waals surface area contributed by atoms with Crippen LogP contribution >= 0.6 is 11.3 Å². The van der Waals surface area contributed by atoms with Crippen LogP contribution in [-0.2, 0) is 19.5 Å². The number of carbonyl (C=O) groups excluding carboxylic acids is 1. The van der Waals surface area contributed by atoms with Gasteiger partial charge in [-0.05, 0) is 34.7 Å². The van der Waals surface area contributed by atoms with Crippen LogP contribution in [0.2, 0.25) is 0 Å². The van der Waals surface area contributed by atoms with Gasteiger partial charge in [-0.3, -0.25) is 0 Å². The smallest absolute Gasteiger partial charge is 0.315 e. The standard InChI is InChI=1S/C14H18N4OS/c19-14(17-9-12-2-6-20-10-12)16-8-11-1-4-18-5-3-15-13(18)7-11/h2-3,5-6,10-11H,1,4,7-9H2,(H2,16,17,19)/t11-/m1/s1. The number of urea groups is 1. The number of fused-ring (bicyclic) bond motifs is 1. The molecule has 3 rings (SSSR count). The summed E-state index contributed by atoms with van der Waals surface area (Å²) in [7, 11) is 0. The first kappa shape index (κ1) is 13.2. The van der Waals surface area contributed by atoms with Crippen LogP contribution in [0.4, 0.5) is 4.79 Å². The van der Waals surface area contributed by atoms with Gasteiger partial charge >= 0.3 is 6.03 Å². The third-order valence-corrected chi connectivity index (χ3v) is 4.37. The van der Waals surface area contributed by atoms with Crippen molar-refractivity contribution in [2.24, 2.45) is 5.92 Å². The molecule has 0 bridgehead atoms. The first-order valence-corrected chi connectivity index (χ1v) is 7.78. The maximum atomic E-state index is 11.7. The molecule has 6 heteroatoms. The quantitative estimate of drug-likeness (QED) is 0.905. The summed E-state index contributed by atoms with van der Waals surface area (Å²) in [6.07, 6.45) is 5.90. The van der Waals surface area contributed by atoms with Crippen LogP contribution in [0, 0.1) is 5.92 Å². The van der Waals surface area contributed by atoms with Crippen LogP contribution in [0.15, 0.2) is 29.2 Å². The highest BCUT2D eigenvalue weighted by molar-refractivity contribution is 7.07. The fraction of sp³-hybridized carbons (Fsp3) is 0.429. The van der Waals surface area contributed by atoms with Gasteiger partial charge in [-0.1, -0.05) is 0 Å². The van der Waals surface area contributed by atoms with Gasteiger partial charge in [0.05, 0.1) is 0 Å². The van der Waals surface area contributed by atoms with Crippen molar-refractivity contribution in [2.75, 3.05) is 6.54 Å². The Hall–Kier alpha value is -1.82. The van der Waals surface area contributed by atoms with Crippen LogP contribution in [0.5, 0.6) is 0 Å². The van der Waals surface area contributed by atoms with Gasteiger partial charge < -0.3 is 15.2 Å². The molecule has 1 aliphatic heterocycles. The van der Waals surface area contributed by atoms with Gasteiger partial charge in [0.25, 0.3) is 0 Å². The molecule has 1 aliphatic rings. The molecule has 2 aromatic rings. The third kappa shape index (κ3) is 3.19. The zero-order valence-electron chi connectivity index (χ0n) is 11.2. The van der Waals surface area contributed by atoms with Crippen LogP contribution in [0.25, 0.3) is 0 Å². The summed E-state index contributed by atoms with van der Waals surface area (Å²) in [6, 6.07) is 1.93. The number of thiophene rings is 1. The predicted octanol–water partition coefficient (Wildman–Crippen LogP) is 2.01. The Morgan fingerprint density at radius 1 is 1.50 bits per heavy atom. The molecule has 0 spiro atoms. The summed E-state index contributed by atoms with van der Waals surface area (Å²) in [5.41, 5.74) is 1.14. The average molecular weight is 290 g/mol. The van der Waals surface area contributed by atoms with Gasteiger partial charge in [0.15, 0.2) is 0 Å². The predicted molar refractivity (Wildman–Crippen MR) is 78.6 cm³/mol. The minimum Gasteiger partial charge on any atom is -0.338 e. The van der Waals surface area contributed by atoms with Crippen molar-refractivity contribution in [1.29, 1.82) is 0 Å². The number of hydrogen-bond donors (Lipinski definition) is 2. The van der Waals surface area contributed by atoms with Gasteiger partial charge in [0.2, 0.25) is 0 Å². The van der Waals surface area contributed by atoms with Gasteiger partial charge in [0, 0.05) is 38.4 Å². The molecular weight excluding hydrogens is 272 g/mol. The Kier molecular flexibility index (Phi) is 4.01. The lowest BCUT2D eigenvalue weighted by atomic mass is 9.98. The van der Waals surface area contributed by atoms with Crippen molar-refractivity contribution in [3.05, 3.63) is 40.6 Å². The highest BCUT2D eigenvalue weighted by atomic mass is 32.1. The van der Waals surface area contributed by atoms with E-state index in [1.54, 1.807) is 11.3 Å². The molecule has 0 radical (unpaired) electrons. The number of amides is 2. The molecular formula is C14H18N4OS. The molecule has 106 valence electrons. The molecule has 3 heterocycles. The summed E-state index contributed by atoms with van der Waals surface area (Å²) in [5.74, 6) is 1.61. The number of imidazole rings is 1. The normalized spacial score (nSPS) is 17.5. The van der Waals surface area contributed by atoms with Gasteiger partial charge in [-0.15, -0.1) is 0 Å². The van der Waals surface area contributed by atoms with Crippen molar-refractivity contribution in [1.82, 2.24) is 20.2 Å². The number of rotatable bonds is 4. The topological polar surface area (TPSA) is 59.0 Å². The lowest BCUT2D eigenvalue weighted by Crippen LogP contribution is -2.39. The fourth-order valence-corrected chi connectivity index (χ4v) is 3.13. The summed E-state index contributed by atoms with van der Waals surface area (Å²) in [5, 5.41) is 9.88. The average Bonchev–Trinajstić information content (AvgIpc) is 3.13. The van der Waals surface area contributed by atoms with Crippen molar-refractivity contribution in [3.8, 4) is 0 Å². The maximum absolute atomic E-state index is 11.7. The van der Waals surface area contributed by atoms with Crippen molar-refractivity contribution in [2.45, 2.75) is 25.9 Å². The molecule has 2 N–H and O–H groups in total. The van der Waals surface area contributed by atoms with E-state index in [9.17, 15) is 4.79 Å². The second-order valence-corrected chi connectivity index (χ2v) is 5.87. The van der Waals surface area contributed by atoms with Gasteiger partial charge in [-0.25, -0.2) is 9.78 Å². The maximum Gasteiger partial charge on any atom is 0.315 e. The molecule has 0 unspecified atom stereocenters. The molecule has 0 aromatic carbocycles. The van der Waals surface area contributed by atoms with Crippen LogP contribution < -0.4 is 10.6 Å². The molecule has 20 heavy (non-hydrogen) atoms. The second-order valence-electron chi connectivity index (χ2n) is 5.09. The molecule has 1 atom stereocenters. The van der Waals surface area contributed by atoms with E-state index in [2.05, 4.69) is 20.2 Å². The Morgan fingerprint density at radius 2 is 2.45 bits per heavy atom. The van der Waals surface area contributed by atoms with Crippen LogP contribution in [0.3, 0.4) is 0 Å². The van der Waals surface area contributed by atoms with E-state index in [4.69, 9.17) is 0 Å². The molecule has 2 amide bonds. The summed E-state index contributed by atoms with van der Waals surface area (Å²) in [6.45, 7) is 2.30. The third-order valence-electron chi connectivity index (χ3n) is 3.64. The first-order valence-electron chi connectivity index (χ1n) is 6.84. The van der Waals surface area contributed by atoms with Crippen LogP contribution in [-0.4, -0.2) is 22.1 Å². The van der Waals surface area contributed by atoms with E-state index in [1.165, 1.54) is 0 Å². The van der Waals surface area contributed by atoms with E-state index in [-0.39, 0.29) is 6.03 Å². The van der Waals surface area contributed by atoms with Crippen molar-refractivity contribution in [3.63, 3.8) is 0 Å². The van der Waals surface area contributed by atoms with Crippen molar-refractivity contribution < 1.29 is 4.79 Å². The highest BCUT2D eigenvalue weighted by Crippen LogP contribution is 2.18. The number of hydrogen-bond acceptors (Lipinski definition) is 3. The molecule has 0 aliphatic carbocycles. The number of carbonyl (C=O) groups is 1. The molecule has 2 aromatic heterocycles. The van der Waals surface area contributed by atoms with E-state index >= 15 is 0 Å².